The van der Waals surface area contributed by atoms with Crippen LogP contribution in [0.4, 0.5) is 5.82 Å². The van der Waals surface area contributed by atoms with Crippen molar-refractivity contribution < 1.29 is 4.79 Å². The first-order valence-electron chi connectivity index (χ1n) is 12.1. The third-order valence-corrected chi connectivity index (χ3v) is 6.34. The van der Waals surface area contributed by atoms with Crippen molar-refractivity contribution >= 4 is 22.9 Å². The van der Waals surface area contributed by atoms with E-state index >= 15 is 0 Å². The lowest BCUT2D eigenvalue weighted by Crippen LogP contribution is -2.33. The van der Waals surface area contributed by atoms with Crippen LogP contribution < -0.4 is 16.6 Å². The molecule has 0 unspecified atom stereocenters. The predicted molar refractivity (Wildman–Crippen MR) is 145 cm³/mol. The highest BCUT2D eigenvalue weighted by molar-refractivity contribution is 6.04. The maximum Gasteiger partial charge on any atom is 0.280 e. The Labute approximate surface area is 222 Å². The molecule has 192 valence electrons. The van der Waals surface area contributed by atoms with E-state index in [0.29, 0.717) is 33.8 Å². The number of benzene rings is 1. The normalized spacial score (nSPS) is 11.8. The van der Waals surface area contributed by atoms with E-state index < -0.39 is 11.9 Å². The highest BCUT2D eigenvalue weighted by atomic mass is 16.2. The van der Waals surface area contributed by atoms with Crippen LogP contribution >= 0.6 is 0 Å². The number of hydrogen-bond acceptors (Lipinski definition) is 6. The SMILES string of the molecule is C[C@@H](NC(=O)c1c(N)nn2cccnc12)c1cn2ccc(C#Cc3ccn(C)n3)c2c(=O)n1-c1ccccc1. The first-order valence-corrected chi connectivity index (χ1v) is 12.1. The molecule has 1 aromatic carbocycles. The molecule has 3 N–H and O–H groups in total. The van der Waals surface area contributed by atoms with E-state index in [-0.39, 0.29) is 16.9 Å². The molecule has 5 heterocycles. The summed E-state index contributed by atoms with van der Waals surface area (Å²) in [5.41, 5.74) is 9.11. The van der Waals surface area contributed by atoms with Gasteiger partial charge in [-0.15, -0.1) is 5.10 Å². The Morgan fingerprint density at radius 3 is 2.62 bits per heavy atom. The van der Waals surface area contributed by atoms with Crippen LogP contribution in [-0.2, 0) is 7.05 Å². The van der Waals surface area contributed by atoms with Crippen molar-refractivity contribution in [2.45, 2.75) is 13.0 Å². The first-order chi connectivity index (χ1) is 18.9. The van der Waals surface area contributed by atoms with Gasteiger partial charge in [0.2, 0.25) is 0 Å². The second kappa shape index (κ2) is 9.35. The van der Waals surface area contributed by atoms with Gasteiger partial charge in [0.05, 0.1) is 17.3 Å². The maximum absolute atomic E-state index is 14.0. The van der Waals surface area contributed by atoms with Gasteiger partial charge < -0.3 is 15.5 Å². The van der Waals surface area contributed by atoms with Gasteiger partial charge in [-0.25, -0.2) is 9.50 Å². The molecule has 0 bridgehead atoms. The quantitative estimate of drug-likeness (QED) is 0.345. The zero-order valence-electron chi connectivity index (χ0n) is 21.1. The summed E-state index contributed by atoms with van der Waals surface area (Å²) >= 11 is 0. The molecule has 0 saturated heterocycles. The highest BCUT2D eigenvalue weighted by Gasteiger charge is 2.24. The van der Waals surface area contributed by atoms with E-state index in [4.69, 9.17) is 5.73 Å². The molecule has 0 saturated carbocycles. The van der Waals surface area contributed by atoms with E-state index in [1.807, 2.05) is 55.8 Å². The van der Waals surface area contributed by atoms with Crippen molar-refractivity contribution in [3.8, 4) is 17.5 Å². The molecule has 1 atom stereocenters. The third-order valence-electron chi connectivity index (χ3n) is 6.34. The lowest BCUT2D eigenvalue weighted by atomic mass is 10.1. The molecule has 0 aliphatic carbocycles. The molecule has 0 aliphatic rings. The monoisotopic (exact) mass is 517 g/mol. The van der Waals surface area contributed by atoms with Crippen molar-refractivity contribution in [2.75, 3.05) is 5.73 Å². The number of carbonyl (C=O) groups excluding carboxylic acids is 1. The zero-order chi connectivity index (χ0) is 27.1. The van der Waals surface area contributed by atoms with Crippen LogP contribution in [0, 0.1) is 11.8 Å². The molecule has 6 aromatic rings. The highest BCUT2D eigenvalue weighted by Crippen LogP contribution is 2.21. The smallest absolute Gasteiger partial charge is 0.280 e. The molecular weight excluding hydrogens is 494 g/mol. The summed E-state index contributed by atoms with van der Waals surface area (Å²) < 4.78 is 6.44. The van der Waals surface area contributed by atoms with Gasteiger partial charge in [0, 0.05) is 43.7 Å². The van der Waals surface area contributed by atoms with E-state index in [9.17, 15) is 9.59 Å². The van der Waals surface area contributed by atoms with Crippen LogP contribution in [-0.4, -0.2) is 39.3 Å². The second-order valence-electron chi connectivity index (χ2n) is 8.98. The zero-order valence-corrected chi connectivity index (χ0v) is 21.1. The number of anilines is 1. The second-order valence-corrected chi connectivity index (χ2v) is 8.98. The van der Waals surface area contributed by atoms with Crippen LogP contribution in [0.5, 0.6) is 0 Å². The number of aryl methyl sites for hydroxylation is 1. The van der Waals surface area contributed by atoms with Gasteiger partial charge in [-0.05, 0) is 43.2 Å². The average Bonchev–Trinajstić information content (AvgIpc) is 3.63. The van der Waals surface area contributed by atoms with Gasteiger partial charge in [0.1, 0.15) is 16.8 Å². The average molecular weight is 518 g/mol. The fraction of sp³-hybridized carbons (Fsp3) is 0.107. The lowest BCUT2D eigenvalue weighted by Gasteiger charge is -2.20. The van der Waals surface area contributed by atoms with Gasteiger partial charge in [-0.2, -0.15) is 5.10 Å². The summed E-state index contributed by atoms with van der Waals surface area (Å²) in [7, 11) is 1.82. The molecule has 0 aliphatic heterocycles. The van der Waals surface area contributed by atoms with Crippen molar-refractivity contribution in [3.63, 3.8) is 0 Å². The molecule has 39 heavy (non-hydrogen) atoms. The van der Waals surface area contributed by atoms with E-state index in [0.717, 1.165) is 0 Å². The minimum absolute atomic E-state index is 0.0656. The van der Waals surface area contributed by atoms with Gasteiger partial charge in [-0.3, -0.25) is 18.8 Å². The summed E-state index contributed by atoms with van der Waals surface area (Å²) in [6.45, 7) is 1.80. The van der Waals surface area contributed by atoms with Gasteiger partial charge in [-0.1, -0.05) is 24.1 Å². The van der Waals surface area contributed by atoms with E-state index in [1.54, 1.807) is 51.3 Å². The number of rotatable bonds is 4. The Bertz CT molecular complexity index is 1980. The number of carbonyl (C=O) groups is 1. The number of nitrogen functional groups attached to an aromatic ring is 1. The van der Waals surface area contributed by atoms with Gasteiger partial charge >= 0.3 is 0 Å². The van der Waals surface area contributed by atoms with Crippen LogP contribution in [0.15, 0.2) is 84.3 Å². The number of nitrogens with one attached hydrogen (secondary N) is 1. The van der Waals surface area contributed by atoms with Crippen LogP contribution in [0.25, 0.3) is 16.9 Å². The van der Waals surface area contributed by atoms with Crippen molar-refractivity contribution in [1.29, 1.82) is 0 Å². The lowest BCUT2D eigenvalue weighted by molar-refractivity contribution is 0.0941. The minimum Gasteiger partial charge on any atom is -0.381 e. The molecule has 0 spiro atoms. The number of amides is 1. The molecular formula is C28H23N9O2. The summed E-state index contributed by atoms with van der Waals surface area (Å²) in [5, 5.41) is 11.4. The summed E-state index contributed by atoms with van der Waals surface area (Å²) in [6.07, 6.45) is 8.64. The topological polar surface area (TPSA) is 130 Å². The van der Waals surface area contributed by atoms with Crippen molar-refractivity contribution in [3.05, 3.63) is 112 Å². The Morgan fingerprint density at radius 1 is 1.03 bits per heavy atom. The summed E-state index contributed by atoms with van der Waals surface area (Å²) in [6, 6.07) is 14.0. The Morgan fingerprint density at radius 2 is 1.85 bits per heavy atom. The number of fused-ring (bicyclic) bond motifs is 2. The molecule has 1 amide bonds. The third kappa shape index (κ3) is 4.19. The molecule has 5 aromatic heterocycles. The molecule has 0 radical (unpaired) electrons. The van der Waals surface area contributed by atoms with Crippen molar-refractivity contribution in [1.82, 2.24) is 38.7 Å². The number of hydrogen-bond donors (Lipinski definition) is 2. The summed E-state index contributed by atoms with van der Waals surface area (Å²) in [4.78, 5) is 31.6. The molecule has 0 fully saturated rings. The molecule has 11 heteroatoms. The van der Waals surface area contributed by atoms with Crippen LogP contribution in [0.1, 0.15) is 40.3 Å². The van der Waals surface area contributed by atoms with E-state index in [2.05, 4.69) is 32.3 Å². The fourth-order valence-electron chi connectivity index (χ4n) is 4.53. The number of nitrogens with zero attached hydrogens (tertiary/aromatic N) is 7. The first kappa shape index (κ1) is 23.7. The Hall–Kier alpha value is -5.63. The molecule has 6 rings (SSSR count). The minimum atomic E-state index is -0.585. The standard InChI is InChI=1S/C28H23N9O2/c1-18(31-27(38)23-25(29)33-36-14-6-13-30-26(23)36)22-17-35-16-11-19(9-10-20-12-15-34(2)32-20)24(35)28(39)37(22)21-7-4-3-5-8-21/h3-8,11-18H,1-2H3,(H2,29,33)(H,31,38)/t18-/m1/s1. The summed E-state index contributed by atoms with van der Waals surface area (Å²) in [5.74, 6) is 5.72. The number of para-hydroxylation sites is 1. The predicted octanol–water partition coefficient (Wildman–Crippen LogP) is 2.34. The number of nitrogens with two attached hydrogens (primary N) is 1. The van der Waals surface area contributed by atoms with Gasteiger partial charge in [0.15, 0.2) is 11.5 Å². The fourth-order valence-corrected chi connectivity index (χ4v) is 4.53. The van der Waals surface area contributed by atoms with E-state index in [1.165, 1.54) is 4.52 Å². The van der Waals surface area contributed by atoms with Crippen LogP contribution in [0.3, 0.4) is 0 Å². The largest absolute Gasteiger partial charge is 0.381 e. The maximum atomic E-state index is 14.0. The Kier molecular flexibility index (Phi) is 5.69. The van der Waals surface area contributed by atoms with Gasteiger partial charge in [0.25, 0.3) is 11.5 Å². The molecule has 11 nitrogen and oxygen atoms in total. The number of aromatic nitrogens is 7. The van der Waals surface area contributed by atoms with Crippen LogP contribution in [0.2, 0.25) is 0 Å². The van der Waals surface area contributed by atoms with Crippen molar-refractivity contribution in [2.24, 2.45) is 7.05 Å². The Balaban J connectivity index is 1.45.